The molecule has 148 valence electrons. The van der Waals surface area contributed by atoms with E-state index in [0.29, 0.717) is 43.2 Å². The zero-order valence-corrected chi connectivity index (χ0v) is 17.1. The molecule has 28 heavy (non-hydrogen) atoms. The molecule has 6 nitrogen and oxygen atoms in total. The Bertz CT molecular complexity index is 860. The van der Waals surface area contributed by atoms with Gasteiger partial charge in [0.05, 0.1) is 14.2 Å². The highest BCUT2D eigenvalue weighted by atomic mass is 32.1. The summed E-state index contributed by atoms with van der Waals surface area (Å²) in [6.07, 6.45) is 3.45. The van der Waals surface area contributed by atoms with E-state index in [4.69, 9.17) is 9.47 Å². The van der Waals surface area contributed by atoms with Crippen molar-refractivity contribution < 1.29 is 19.1 Å². The summed E-state index contributed by atoms with van der Waals surface area (Å²) in [5, 5.41) is 0. The molecule has 1 aliphatic heterocycles. The Balaban J connectivity index is 1.59. The lowest BCUT2D eigenvalue weighted by Crippen LogP contribution is -2.50. The molecule has 2 amide bonds. The number of carbonyl (C=O) groups excluding carboxylic acids is 2. The molecule has 0 N–H and O–H groups in total. The van der Waals surface area contributed by atoms with Crippen LogP contribution < -0.4 is 9.47 Å². The Morgan fingerprint density at radius 2 is 1.57 bits per heavy atom. The number of ether oxygens (including phenoxy) is 2. The number of benzene rings is 1. The van der Waals surface area contributed by atoms with Gasteiger partial charge in [-0.05, 0) is 37.3 Å². The van der Waals surface area contributed by atoms with E-state index < -0.39 is 0 Å². The molecular weight excluding hydrogens is 376 g/mol. The largest absolute Gasteiger partial charge is 0.497 e. The van der Waals surface area contributed by atoms with Gasteiger partial charge in [0.1, 0.15) is 11.5 Å². The fourth-order valence-electron chi connectivity index (χ4n) is 3.05. The lowest BCUT2D eigenvalue weighted by molar-refractivity contribution is -0.127. The van der Waals surface area contributed by atoms with E-state index in [1.165, 1.54) is 4.88 Å². The van der Waals surface area contributed by atoms with Crippen molar-refractivity contribution in [1.82, 2.24) is 9.80 Å². The predicted octanol–water partition coefficient (Wildman–Crippen LogP) is 3.07. The zero-order chi connectivity index (χ0) is 20.1. The van der Waals surface area contributed by atoms with Crippen molar-refractivity contribution in [1.29, 1.82) is 0 Å². The van der Waals surface area contributed by atoms with E-state index in [1.807, 2.05) is 25.1 Å². The molecular formula is C21H24N2O4S. The fraction of sp³-hybridized carbons (Fsp3) is 0.333. The molecule has 3 rings (SSSR count). The average Bonchev–Trinajstić information content (AvgIpc) is 3.16. The first-order valence-corrected chi connectivity index (χ1v) is 9.87. The summed E-state index contributed by atoms with van der Waals surface area (Å²) in [5.74, 6) is 1.03. The third-order valence-electron chi connectivity index (χ3n) is 4.63. The standard InChI is InChI=1S/C21H24N2O4S/c1-15-4-5-19(28-15)6-7-20(24)22-8-10-23(11-9-22)21(25)16-12-17(26-2)14-18(13-16)27-3/h4-7,12-14H,8-11H2,1-3H3/b7-6+. The van der Waals surface area contributed by atoms with Crippen molar-refractivity contribution >= 4 is 29.2 Å². The van der Waals surface area contributed by atoms with Crippen molar-refractivity contribution in [3.63, 3.8) is 0 Å². The number of methoxy groups -OCH3 is 2. The van der Waals surface area contributed by atoms with Gasteiger partial charge in [0.15, 0.2) is 0 Å². The topological polar surface area (TPSA) is 59.1 Å². The van der Waals surface area contributed by atoms with Gasteiger partial charge in [-0.2, -0.15) is 0 Å². The lowest BCUT2D eigenvalue weighted by atomic mass is 10.1. The molecule has 1 aromatic heterocycles. The number of nitrogens with zero attached hydrogens (tertiary/aromatic N) is 2. The van der Waals surface area contributed by atoms with Crippen molar-refractivity contribution in [2.45, 2.75) is 6.92 Å². The molecule has 0 saturated carbocycles. The Morgan fingerprint density at radius 1 is 0.964 bits per heavy atom. The summed E-state index contributed by atoms with van der Waals surface area (Å²) in [7, 11) is 3.11. The van der Waals surface area contributed by atoms with Gasteiger partial charge >= 0.3 is 0 Å². The average molecular weight is 401 g/mol. The molecule has 2 aromatic rings. The van der Waals surface area contributed by atoms with E-state index in [1.54, 1.807) is 59.6 Å². The maximum Gasteiger partial charge on any atom is 0.254 e. The molecule has 0 spiro atoms. The zero-order valence-electron chi connectivity index (χ0n) is 16.3. The first kappa shape index (κ1) is 19.9. The quantitative estimate of drug-likeness (QED) is 0.724. The van der Waals surface area contributed by atoms with E-state index in [0.717, 1.165) is 4.88 Å². The minimum absolute atomic E-state index is 0.0267. The first-order valence-electron chi connectivity index (χ1n) is 9.06. The van der Waals surface area contributed by atoms with Gasteiger partial charge < -0.3 is 19.3 Å². The van der Waals surface area contributed by atoms with Gasteiger partial charge in [0.2, 0.25) is 5.91 Å². The summed E-state index contributed by atoms with van der Waals surface area (Å²) in [4.78, 5) is 31.0. The molecule has 1 aliphatic rings. The van der Waals surface area contributed by atoms with Gasteiger partial charge in [0, 0.05) is 53.6 Å². The van der Waals surface area contributed by atoms with E-state index >= 15 is 0 Å². The predicted molar refractivity (Wildman–Crippen MR) is 110 cm³/mol. The Morgan fingerprint density at radius 3 is 2.11 bits per heavy atom. The van der Waals surface area contributed by atoms with E-state index in [9.17, 15) is 9.59 Å². The summed E-state index contributed by atoms with van der Waals surface area (Å²) in [5.41, 5.74) is 0.518. The maximum atomic E-state index is 12.8. The highest BCUT2D eigenvalue weighted by molar-refractivity contribution is 7.12. The minimum Gasteiger partial charge on any atom is -0.497 e. The van der Waals surface area contributed by atoms with Gasteiger partial charge in [-0.25, -0.2) is 0 Å². The molecule has 1 saturated heterocycles. The molecule has 0 radical (unpaired) electrons. The smallest absolute Gasteiger partial charge is 0.254 e. The molecule has 7 heteroatoms. The van der Waals surface area contributed by atoms with Crippen LogP contribution in [0.3, 0.4) is 0 Å². The molecule has 1 fully saturated rings. The Hall–Kier alpha value is -2.80. The van der Waals surface area contributed by atoms with Crippen LogP contribution >= 0.6 is 11.3 Å². The first-order chi connectivity index (χ1) is 13.5. The SMILES string of the molecule is COc1cc(OC)cc(C(=O)N2CCN(C(=O)/C=C/c3ccc(C)s3)CC2)c1. The van der Waals surface area contributed by atoms with Crippen LogP contribution in [-0.4, -0.2) is 62.0 Å². The number of amides is 2. The van der Waals surface area contributed by atoms with Gasteiger partial charge in [-0.1, -0.05) is 0 Å². The van der Waals surface area contributed by atoms with Crippen molar-refractivity contribution in [2.75, 3.05) is 40.4 Å². The normalized spacial score (nSPS) is 14.4. The van der Waals surface area contributed by atoms with Crippen LogP contribution in [0.15, 0.2) is 36.4 Å². The lowest BCUT2D eigenvalue weighted by Gasteiger charge is -2.34. The summed E-state index contributed by atoms with van der Waals surface area (Å²) in [6, 6.07) is 9.17. The summed E-state index contributed by atoms with van der Waals surface area (Å²) >= 11 is 1.65. The van der Waals surface area contributed by atoms with Gasteiger partial charge in [-0.3, -0.25) is 9.59 Å². The number of aryl methyl sites for hydroxylation is 1. The highest BCUT2D eigenvalue weighted by Crippen LogP contribution is 2.24. The van der Waals surface area contributed by atoms with E-state index in [2.05, 4.69) is 0 Å². The number of piperazine rings is 1. The van der Waals surface area contributed by atoms with Crippen LogP contribution in [0.25, 0.3) is 6.08 Å². The van der Waals surface area contributed by atoms with Crippen LogP contribution in [-0.2, 0) is 4.79 Å². The maximum absolute atomic E-state index is 12.8. The van der Waals surface area contributed by atoms with Crippen LogP contribution in [0.1, 0.15) is 20.1 Å². The van der Waals surface area contributed by atoms with Crippen LogP contribution in [0.5, 0.6) is 11.5 Å². The van der Waals surface area contributed by atoms with Crippen molar-refractivity contribution in [2.24, 2.45) is 0 Å². The second-order valence-corrected chi connectivity index (χ2v) is 7.82. The van der Waals surface area contributed by atoms with Crippen molar-refractivity contribution in [3.8, 4) is 11.5 Å². The van der Waals surface area contributed by atoms with Crippen molar-refractivity contribution in [3.05, 3.63) is 51.7 Å². The third kappa shape index (κ3) is 4.72. The second kappa shape index (κ2) is 8.93. The third-order valence-corrected chi connectivity index (χ3v) is 5.59. The summed E-state index contributed by atoms with van der Waals surface area (Å²) in [6.45, 7) is 4.06. The number of thiophene rings is 1. The van der Waals surface area contributed by atoms with Gasteiger partial charge in [-0.15, -0.1) is 11.3 Å². The fourth-order valence-corrected chi connectivity index (χ4v) is 3.83. The Labute approximate surface area is 169 Å². The minimum atomic E-state index is -0.0890. The molecule has 0 atom stereocenters. The highest BCUT2D eigenvalue weighted by Gasteiger charge is 2.24. The number of hydrogen-bond acceptors (Lipinski definition) is 5. The van der Waals surface area contributed by atoms with Crippen LogP contribution in [0.4, 0.5) is 0 Å². The molecule has 1 aromatic carbocycles. The molecule has 0 bridgehead atoms. The summed E-state index contributed by atoms with van der Waals surface area (Å²) < 4.78 is 10.5. The van der Waals surface area contributed by atoms with Crippen LogP contribution in [0.2, 0.25) is 0 Å². The number of rotatable bonds is 5. The molecule has 0 aliphatic carbocycles. The second-order valence-electron chi connectivity index (χ2n) is 6.50. The van der Waals surface area contributed by atoms with E-state index in [-0.39, 0.29) is 11.8 Å². The number of carbonyl (C=O) groups is 2. The Kier molecular flexibility index (Phi) is 6.36. The van der Waals surface area contributed by atoms with Gasteiger partial charge in [0.25, 0.3) is 5.91 Å². The monoisotopic (exact) mass is 400 g/mol. The molecule has 0 unspecified atom stereocenters. The molecule has 2 heterocycles. The number of hydrogen-bond donors (Lipinski definition) is 0. The van der Waals surface area contributed by atoms with Crippen LogP contribution in [0, 0.1) is 6.92 Å².